The molecule has 0 saturated carbocycles. The molecule has 0 unspecified atom stereocenters. The summed E-state index contributed by atoms with van der Waals surface area (Å²) in [5, 5.41) is 5.43. The SMILES string of the molecule is CCc1ccc(NC(=O)C(=O)NC(C)(C)CC(C)(C)C)cc1. The molecular weight excluding hydrogens is 276 g/mol. The minimum absolute atomic E-state index is 0.0727. The normalized spacial score (nSPS) is 11.9. The zero-order valence-electron chi connectivity index (χ0n) is 14.5. The molecule has 0 aromatic heterocycles. The zero-order chi connectivity index (χ0) is 17.0. The highest BCUT2D eigenvalue weighted by molar-refractivity contribution is 6.39. The maximum absolute atomic E-state index is 12.0. The second kappa shape index (κ2) is 6.95. The van der Waals surface area contributed by atoms with Gasteiger partial charge in [0.2, 0.25) is 0 Å². The van der Waals surface area contributed by atoms with E-state index in [1.807, 2.05) is 38.1 Å². The summed E-state index contributed by atoms with van der Waals surface area (Å²) in [6.07, 6.45) is 1.72. The maximum atomic E-state index is 12.0. The molecule has 0 atom stereocenters. The quantitative estimate of drug-likeness (QED) is 0.836. The average Bonchev–Trinajstić information content (AvgIpc) is 2.36. The molecule has 1 rings (SSSR count). The molecule has 0 radical (unpaired) electrons. The smallest absolute Gasteiger partial charge is 0.313 e. The lowest BCUT2D eigenvalue weighted by Gasteiger charge is -2.33. The molecule has 0 aliphatic carbocycles. The van der Waals surface area contributed by atoms with E-state index in [0.29, 0.717) is 5.69 Å². The van der Waals surface area contributed by atoms with Crippen molar-refractivity contribution in [3.8, 4) is 0 Å². The van der Waals surface area contributed by atoms with Crippen LogP contribution in [0.4, 0.5) is 5.69 Å². The topological polar surface area (TPSA) is 58.2 Å². The van der Waals surface area contributed by atoms with Crippen LogP contribution in [0.25, 0.3) is 0 Å². The van der Waals surface area contributed by atoms with Gasteiger partial charge in [0.25, 0.3) is 0 Å². The van der Waals surface area contributed by atoms with E-state index in [9.17, 15) is 9.59 Å². The number of hydrogen-bond donors (Lipinski definition) is 2. The van der Waals surface area contributed by atoms with Gasteiger partial charge in [-0.3, -0.25) is 9.59 Å². The first-order valence-corrected chi connectivity index (χ1v) is 7.75. The van der Waals surface area contributed by atoms with Gasteiger partial charge in [0.05, 0.1) is 0 Å². The summed E-state index contributed by atoms with van der Waals surface area (Å²) in [4.78, 5) is 24.0. The van der Waals surface area contributed by atoms with E-state index in [-0.39, 0.29) is 5.41 Å². The molecule has 1 aromatic rings. The third-order valence-electron chi connectivity index (χ3n) is 3.25. The van der Waals surface area contributed by atoms with Crippen LogP contribution in [-0.2, 0) is 16.0 Å². The van der Waals surface area contributed by atoms with Gasteiger partial charge in [-0.1, -0.05) is 39.8 Å². The first kappa shape index (κ1) is 18.2. The van der Waals surface area contributed by atoms with Crippen LogP contribution < -0.4 is 10.6 Å². The van der Waals surface area contributed by atoms with Crippen molar-refractivity contribution in [2.24, 2.45) is 5.41 Å². The highest BCUT2D eigenvalue weighted by atomic mass is 16.2. The Labute approximate surface area is 133 Å². The van der Waals surface area contributed by atoms with E-state index >= 15 is 0 Å². The molecule has 1 aromatic carbocycles. The number of nitrogens with one attached hydrogen (secondary N) is 2. The molecular formula is C18H28N2O2. The Bertz CT molecular complexity index is 525. The van der Waals surface area contributed by atoms with Crippen LogP contribution in [0.5, 0.6) is 0 Å². The van der Waals surface area contributed by atoms with Crippen LogP contribution in [0.15, 0.2) is 24.3 Å². The molecule has 22 heavy (non-hydrogen) atoms. The van der Waals surface area contributed by atoms with Crippen LogP contribution in [0, 0.1) is 5.41 Å². The van der Waals surface area contributed by atoms with Gasteiger partial charge < -0.3 is 10.6 Å². The Balaban J connectivity index is 2.63. The Morgan fingerprint density at radius 1 is 0.955 bits per heavy atom. The van der Waals surface area contributed by atoms with Gasteiger partial charge in [0.1, 0.15) is 0 Å². The van der Waals surface area contributed by atoms with Gasteiger partial charge >= 0.3 is 11.8 Å². The van der Waals surface area contributed by atoms with E-state index in [1.54, 1.807) is 0 Å². The monoisotopic (exact) mass is 304 g/mol. The van der Waals surface area contributed by atoms with Crippen molar-refractivity contribution >= 4 is 17.5 Å². The first-order valence-electron chi connectivity index (χ1n) is 7.75. The number of anilines is 1. The summed E-state index contributed by atoms with van der Waals surface area (Å²) in [7, 11) is 0. The number of hydrogen-bond acceptors (Lipinski definition) is 2. The van der Waals surface area contributed by atoms with Crippen LogP contribution in [-0.4, -0.2) is 17.4 Å². The summed E-state index contributed by atoms with van der Waals surface area (Å²) in [6.45, 7) is 12.3. The summed E-state index contributed by atoms with van der Waals surface area (Å²) in [6, 6.07) is 7.50. The number of benzene rings is 1. The summed E-state index contributed by atoms with van der Waals surface area (Å²) < 4.78 is 0. The molecule has 2 N–H and O–H groups in total. The van der Waals surface area contributed by atoms with Crippen molar-refractivity contribution < 1.29 is 9.59 Å². The van der Waals surface area contributed by atoms with Gasteiger partial charge in [-0.2, -0.15) is 0 Å². The molecule has 0 fully saturated rings. The fourth-order valence-corrected chi connectivity index (χ4v) is 2.75. The number of aryl methyl sites for hydroxylation is 1. The molecule has 122 valence electrons. The van der Waals surface area contributed by atoms with Crippen molar-refractivity contribution in [2.45, 2.75) is 59.9 Å². The van der Waals surface area contributed by atoms with Crippen LogP contribution in [0.1, 0.15) is 53.5 Å². The number of amides is 2. The Morgan fingerprint density at radius 2 is 1.50 bits per heavy atom. The largest absolute Gasteiger partial charge is 0.343 e. The fourth-order valence-electron chi connectivity index (χ4n) is 2.75. The highest BCUT2D eigenvalue weighted by Gasteiger charge is 2.29. The predicted molar refractivity (Wildman–Crippen MR) is 90.7 cm³/mol. The van der Waals surface area contributed by atoms with Gasteiger partial charge in [-0.25, -0.2) is 0 Å². The highest BCUT2D eigenvalue weighted by Crippen LogP contribution is 2.26. The molecule has 0 heterocycles. The number of carbonyl (C=O) groups is 2. The lowest BCUT2D eigenvalue weighted by molar-refractivity contribution is -0.137. The Hall–Kier alpha value is -1.84. The molecule has 0 aliphatic heterocycles. The summed E-state index contributed by atoms with van der Waals surface area (Å²) in [5.41, 5.74) is 1.46. The van der Waals surface area contributed by atoms with Gasteiger partial charge in [-0.15, -0.1) is 0 Å². The Kier molecular flexibility index (Phi) is 5.75. The molecule has 0 bridgehead atoms. The zero-order valence-corrected chi connectivity index (χ0v) is 14.5. The van der Waals surface area contributed by atoms with Gasteiger partial charge in [0.15, 0.2) is 0 Å². The lowest BCUT2D eigenvalue weighted by Crippen LogP contribution is -2.49. The minimum Gasteiger partial charge on any atom is -0.343 e. The summed E-state index contributed by atoms with van der Waals surface area (Å²) in [5.74, 6) is -1.24. The van der Waals surface area contributed by atoms with Crippen molar-refractivity contribution in [2.75, 3.05) is 5.32 Å². The Morgan fingerprint density at radius 3 is 1.95 bits per heavy atom. The number of rotatable bonds is 4. The lowest BCUT2D eigenvalue weighted by atomic mass is 9.82. The van der Waals surface area contributed by atoms with E-state index in [4.69, 9.17) is 0 Å². The van der Waals surface area contributed by atoms with E-state index in [1.165, 1.54) is 5.56 Å². The van der Waals surface area contributed by atoms with Gasteiger partial charge in [-0.05, 0) is 49.8 Å². The second-order valence-corrected chi connectivity index (χ2v) is 7.58. The first-order chi connectivity index (χ1) is 10.0. The molecule has 4 heteroatoms. The van der Waals surface area contributed by atoms with Crippen molar-refractivity contribution in [3.63, 3.8) is 0 Å². The number of carbonyl (C=O) groups excluding carboxylic acids is 2. The molecule has 0 spiro atoms. The minimum atomic E-state index is -0.633. The van der Waals surface area contributed by atoms with Crippen molar-refractivity contribution in [1.29, 1.82) is 0 Å². The standard InChI is InChI=1S/C18H28N2O2/c1-7-13-8-10-14(11-9-13)19-15(21)16(22)20-18(5,6)12-17(2,3)4/h8-11H,7,12H2,1-6H3,(H,19,21)(H,20,22). The predicted octanol–water partition coefficient (Wildman–Crippen LogP) is 3.52. The van der Waals surface area contributed by atoms with E-state index in [2.05, 4.69) is 38.3 Å². The van der Waals surface area contributed by atoms with Crippen LogP contribution in [0.2, 0.25) is 0 Å². The third kappa shape index (κ3) is 6.29. The van der Waals surface area contributed by atoms with Crippen molar-refractivity contribution in [3.05, 3.63) is 29.8 Å². The molecule has 4 nitrogen and oxygen atoms in total. The maximum Gasteiger partial charge on any atom is 0.313 e. The average molecular weight is 304 g/mol. The summed E-state index contributed by atoms with van der Waals surface area (Å²) >= 11 is 0. The van der Waals surface area contributed by atoms with Crippen LogP contribution >= 0.6 is 0 Å². The molecule has 0 saturated heterocycles. The van der Waals surface area contributed by atoms with Crippen LogP contribution in [0.3, 0.4) is 0 Å². The van der Waals surface area contributed by atoms with E-state index < -0.39 is 17.4 Å². The van der Waals surface area contributed by atoms with Gasteiger partial charge in [0, 0.05) is 11.2 Å². The fraction of sp³-hybridized carbons (Fsp3) is 0.556. The van der Waals surface area contributed by atoms with E-state index in [0.717, 1.165) is 12.8 Å². The molecule has 0 aliphatic rings. The molecule has 2 amide bonds. The second-order valence-electron chi connectivity index (χ2n) is 7.58. The van der Waals surface area contributed by atoms with Crippen molar-refractivity contribution in [1.82, 2.24) is 5.32 Å². The third-order valence-corrected chi connectivity index (χ3v) is 3.25.